The molecule has 6 heteroatoms. The van der Waals surface area contributed by atoms with E-state index >= 15 is 0 Å². The molecule has 1 unspecified atom stereocenters. The highest BCUT2D eigenvalue weighted by molar-refractivity contribution is 5.97. The lowest BCUT2D eigenvalue weighted by molar-refractivity contribution is 0.0659. The Kier molecular flexibility index (Phi) is 5.67. The molecular weight excluding hydrogens is 386 g/mol. The van der Waals surface area contributed by atoms with Gasteiger partial charge in [0.1, 0.15) is 0 Å². The lowest BCUT2D eigenvalue weighted by atomic mass is 10.0. The summed E-state index contributed by atoms with van der Waals surface area (Å²) in [5.41, 5.74) is 2.91. The minimum absolute atomic E-state index is 0.126. The van der Waals surface area contributed by atoms with Gasteiger partial charge in [0.25, 0.3) is 5.91 Å². The number of benzene rings is 1. The molecule has 2 aromatic rings. The van der Waals surface area contributed by atoms with Gasteiger partial charge in [-0.3, -0.25) is 4.79 Å². The van der Waals surface area contributed by atoms with Crippen LogP contribution in [0.3, 0.4) is 0 Å². The number of likely N-dealkylation sites (tertiary alicyclic amines) is 1. The predicted octanol–water partition coefficient (Wildman–Crippen LogP) is 3.99. The number of carbonyl (C=O) groups excluding carboxylic acids is 1. The zero-order valence-electron chi connectivity index (χ0n) is 19.4. The first-order valence-corrected chi connectivity index (χ1v) is 12.2. The molecule has 5 rings (SSSR count). The molecule has 1 saturated carbocycles. The van der Waals surface area contributed by atoms with Gasteiger partial charge in [-0.05, 0) is 96.1 Å². The van der Waals surface area contributed by atoms with Gasteiger partial charge in [0.05, 0.1) is 11.0 Å². The maximum atomic E-state index is 13.3. The third-order valence-corrected chi connectivity index (χ3v) is 7.73. The fraction of sp³-hybridized carbons (Fsp3) is 0.680. The molecule has 0 N–H and O–H groups in total. The van der Waals surface area contributed by atoms with Crippen molar-refractivity contribution in [3.63, 3.8) is 0 Å². The van der Waals surface area contributed by atoms with Gasteiger partial charge in [-0.15, -0.1) is 0 Å². The largest absolute Gasteiger partial charge is 0.340 e. The lowest BCUT2D eigenvalue weighted by Gasteiger charge is -2.35. The van der Waals surface area contributed by atoms with Crippen molar-refractivity contribution >= 4 is 22.9 Å². The van der Waals surface area contributed by atoms with E-state index in [-0.39, 0.29) is 5.91 Å². The van der Waals surface area contributed by atoms with Gasteiger partial charge in [-0.25, -0.2) is 4.98 Å². The van der Waals surface area contributed by atoms with E-state index in [4.69, 9.17) is 4.98 Å². The predicted molar refractivity (Wildman–Crippen MR) is 126 cm³/mol. The second-order valence-electron chi connectivity index (χ2n) is 10.2. The Morgan fingerprint density at radius 2 is 1.87 bits per heavy atom. The van der Waals surface area contributed by atoms with Crippen LogP contribution in [0.25, 0.3) is 11.0 Å². The van der Waals surface area contributed by atoms with Gasteiger partial charge in [0.2, 0.25) is 5.95 Å². The highest BCUT2D eigenvalue weighted by Crippen LogP contribution is 2.36. The van der Waals surface area contributed by atoms with Crippen LogP contribution >= 0.6 is 0 Å². The van der Waals surface area contributed by atoms with Crippen molar-refractivity contribution in [3.8, 4) is 0 Å². The van der Waals surface area contributed by atoms with Crippen molar-refractivity contribution in [2.45, 2.75) is 70.5 Å². The summed E-state index contributed by atoms with van der Waals surface area (Å²) < 4.78 is 2.43. The standard InChI is InChI=1S/C25H37N5O/c1-18-6-4-5-13-29(18)25-26-22-16-20(9-10-23(22)30(25)17-19-7-8-19)24(31)28(3)21-11-14-27(2)15-12-21/h9-10,16,18-19,21H,4-8,11-15,17H2,1-3H3. The molecule has 0 spiro atoms. The molecule has 1 aliphatic carbocycles. The SMILES string of the molecule is CC1CCCCN1c1nc2cc(C(=O)N(C)C3CCN(C)CC3)ccc2n1CC1CC1. The third kappa shape index (κ3) is 4.19. The first kappa shape index (κ1) is 20.8. The molecule has 0 bridgehead atoms. The molecule has 0 radical (unpaired) electrons. The van der Waals surface area contributed by atoms with Crippen LogP contribution in [0.2, 0.25) is 0 Å². The van der Waals surface area contributed by atoms with E-state index in [1.165, 1.54) is 37.6 Å². The van der Waals surface area contributed by atoms with Gasteiger partial charge < -0.3 is 19.3 Å². The van der Waals surface area contributed by atoms with E-state index < -0.39 is 0 Å². The van der Waals surface area contributed by atoms with Crippen LogP contribution in [0.1, 0.15) is 62.2 Å². The Labute approximate surface area is 186 Å². The van der Waals surface area contributed by atoms with Crippen molar-refractivity contribution in [2.24, 2.45) is 5.92 Å². The first-order valence-electron chi connectivity index (χ1n) is 12.2. The molecule has 3 aliphatic rings. The Hall–Kier alpha value is -2.08. The lowest BCUT2D eigenvalue weighted by Crippen LogP contribution is -2.44. The van der Waals surface area contributed by atoms with Crippen molar-refractivity contribution in [2.75, 3.05) is 38.6 Å². The highest BCUT2D eigenvalue weighted by Gasteiger charge is 2.29. The number of imidazole rings is 1. The van der Waals surface area contributed by atoms with Crippen LogP contribution < -0.4 is 4.90 Å². The Bertz CT molecular complexity index is 941. The maximum absolute atomic E-state index is 13.3. The molecular formula is C25H37N5O. The second-order valence-corrected chi connectivity index (χ2v) is 10.2. The molecule has 168 valence electrons. The Morgan fingerprint density at radius 1 is 1.10 bits per heavy atom. The van der Waals surface area contributed by atoms with E-state index in [2.05, 4.69) is 34.4 Å². The Morgan fingerprint density at radius 3 is 2.58 bits per heavy atom. The van der Waals surface area contributed by atoms with E-state index in [9.17, 15) is 4.79 Å². The molecule has 1 aromatic heterocycles. The number of piperidine rings is 2. The third-order valence-electron chi connectivity index (χ3n) is 7.73. The summed E-state index contributed by atoms with van der Waals surface area (Å²) in [5.74, 6) is 2.02. The van der Waals surface area contributed by atoms with Gasteiger partial charge in [0, 0.05) is 37.8 Å². The number of rotatable bonds is 5. The topological polar surface area (TPSA) is 44.6 Å². The summed E-state index contributed by atoms with van der Waals surface area (Å²) >= 11 is 0. The summed E-state index contributed by atoms with van der Waals surface area (Å²) in [7, 11) is 4.12. The number of anilines is 1. The van der Waals surface area contributed by atoms with Crippen LogP contribution in [-0.4, -0.2) is 71.1 Å². The van der Waals surface area contributed by atoms with Gasteiger partial charge in [-0.1, -0.05) is 0 Å². The number of hydrogen-bond donors (Lipinski definition) is 0. The first-order chi connectivity index (χ1) is 15.0. The normalized spacial score (nSPS) is 23.5. The number of fused-ring (bicyclic) bond motifs is 1. The average Bonchev–Trinajstić information content (AvgIpc) is 3.53. The number of hydrogen-bond acceptors (Lipinski definition) is 4. The summed E-state index contributed by atoms with van der Waals surface area (Å²) in [6, 6.07) is 7.05. The number of carbonyl (C=O) groups is 1. The monoisotopic (exact) mass is 423 g/mol. The van der Waals surface area contributed by atoms with Gasteiger partial charge in [0.15, 0.2) is 0 Å². The zero-order valence-corrected chi connectivity index (χ0v) is 19.4. The van der Waals surface area contributed by atoms with E-state index in [1.54, 1.807) is 0 Å². The maximum Gasteiger partial charge on any atom is 0.253 e. The number of aromatic nitrogens is 2. The molecule has 1 atom stereocenters. The fourth-order valence-electron chi connectivity index (χ4n) is 5.35. The van der Waals surface area contributed by atoms with Crippen LogP contribution in [0.4, 0.5) is 5.95 Å². The van der Waals surface area contributed by atoms with E-state index in [0.29, 0.717) is 12.1 Å². The quantitative estimate of drug-likeness (QED) is 0.729. The van der Waals surface area contributed by atoms with E-state index in [1.807, 2.05) is 24.1 Å². The molecule has 1 aromatic carbocycles. The van der Waals surface area contributed by atoms with E-state index in [0.717, 1.165) is 62.0 Å². The summed E-state index contributed by atoms with van der Waals surface area (Å²) in [6.07, 6.45) is 8.53. The van der Waals surface area contributed by atoms with Crippen molar-refractivity contribution < 1.29 is 4.79 Å². The minimum atomic E-state index is 0.126. The molecule has 6 nitrogen and oxygen atoms in total. The number of amides is 1. The molecule has 2 aliphatic heterocycles. The van der Waals surface area contributed by atoms with Crippen molar-refractivity contribution in [1.29, 1.82) is 0 Å². The van der Waals surface area contributed by atoms with Crippen LogP contribution in [0.15, 0.2) is 18.2 Å². The molecule has 1 amide bonds. The molecule has 2 saturated heterocycles. The average molecular weight is 424 g/mol. The van der Waals surface area contributed by atoms with Crippen molar-refractivity contribution in [3.05, 3.63) is 23.8 Å². The second kappa shape index (κ2) is 8.45. The highest BCUT2D eigenvalue weighted by atomic mass is 16.2. The fourth-order valence-corrected chi connectivity index (χ4v) is 5.35. The number of nitrogens with zero attached hydrogens (tertiary/aromatic N) is 5. The Balaban J connectivity index is 1.44. The van der Waals surface area contributed by atoms with Gasteiger partial charge in [-0.2, -0.15) is 0 Å². The van der Waals surface area contributed by atoms with Crippen LogP contribution in [0, 0.1) is 5.92 Å². The molecule has 31 heavy (non-hydrogen) atoms. The summed E-state index contributed by atoms with van der Waals surface area (Å²) in [4.78, 5) is 25.2. The van der Waals surface area contributed by atoms with Crippen LogP contribution in [0.5, 0.6) is 0 Å². The minimum Gasteiger partial charge on any atom is -0.340 e. The van der Waals surface area contributed by atoms with Crippen LogP contribution in [-0.2, 0) is 6.54 Å². The summed E-state index contributed by atoms with van der Waals surface area (Å²) in [6.45, 7) is 6.58. The van der Waals surface area contributed by atoms with Crippen molar-refractivity contribution in [1.82, 2.24) is 19.4 Å². The zero-order chi connectivity index (χ0) is 21.5. The smallest absolute Gasteiger partial charge is 0.253 e. The molecule has 3 fully saturated rings. The molecule has 3 heterocycles. The van der Waals surface area contributed by atoms with Gasteiger partial charge >= 0.3 is 0 Å². The summed E-state index contributed by atoms with van der Waals surface area (Å²) in [5, 5.41) is 0.